The predicted molar refractivity (Wildman–Crippen MR) is 120 cm³/mol. The van der Waals surface area contributed by atoms with Crippen LogP contribution in [0.5, 0.6) is 0 Å². The normalized spacial score (nSPS) is 15.4. The number of hydrogen-bond donors (Lipinski definition) is 1. The lowest BCUT2D eigenvalue weighted by atomic mass is 10.0. The number of hydrogen-bond acceptors (Lipinski definition) is 5. The van der Waals surface area contributed by atoms with Gasteiger partial charge in [0.15, 0.2) is 5.82 Å². The van der Waals surface area contributed by atoms with E-state index in [1.165, 1.54) is 24.7 Å². The molecule has 2 aromatic heterocycles. The molecule has 10 heteroatoms. The molecule has 0 radical (unpaired) electrons. The van der Waals surface area contributed by atoms with Crippen LogP contribution in [0.25, 0.3) is 11.1 Å². The summed E-state index contributed by atoms with van der Waals surface area (Å²) in [6.45, 7) is 3.81. The number of piperidine rings is 1. The third-order valence-electron chi connectivity index (χ3n) is 5.63. The van der Waals surface area contributed by atoms with Crippen molar-refractivity contribution in [2.75, 3.05) is 23.3 Å². The molecule has 1 fully saturated rings. The second kappa shape index (κ2) is 9.36. The molecule has 1 N–H and O–H groups in total. The van der Waals surface area contributed by atoms with Crippen molar-refractivity contribution in [2.24, 2.45) is 0 Å². The molecule has 34 heavy (non-hydrogen) atoms. The largest absolute Gasteiger partial charge is 0.354 e. The van der Waals surface area contributed by atoms with Crippen molar-refractivity contribution >= 4 is 17.4 Å². The molecule has 178 valence electrons. The molecular formula is C24H23F4N5O. The van der Waals surface area contributed by atoms with Gasteiger partial charge in [0.1, 0.15) is 17.5 Å². The zero-order valence-electron chi connectivity index (χ0n) is 18.7. The molecule has 6 nitrogen and oxygen atoms in total. The summed E-state index contributed by atoms with van der Waals surface area (Å²) < 4.78 is 56.1. The van der Waals surface area contributed by atoms with Crippen LogP contribution in [-0.4, -0.2) is 39.9 Å². The first-order valence-electron chi connectivity index (χ1n) is 10.8. The van der Waals surface area contributed by atoms with Gasteiger partial charge in [-0.05, 0) is 24.3 Å². The Morgan fingerprint density at radius 3 is 2.35 bits per heavy atom. The van der Waals surface area contributed by atoms with Gasteiger partial charge in [0.25, 0.3) is 11.8 Å². The highest BCUT2D eigenvalue weighted by molar-refractivity contribution is 6.08. The molecule has 0 spiro atoms. The van der Waals surface area contributed by atoms with Gasteiger partial charge in [-0.1, -0.05) is 13.8 Å². The van der Waals surface area contributed by atoms with E-state index in [0.29, 0.717) is 5.82 Å². The van der Waals surface area contributed by atoms with Crippen molar-refractivity contribution in [3.8, 4) is 11.1 Å². The molecule has 0 aliphatic carbocycles. The Kier molecular flexibility index (Phi) is 6.49. The molecule has 0 saturated carbocycles. The Hall–Kier alpha value is -3.56. The van der Waals surface area contributed by atoms with E-state index in [4.69, 9.17) is 0 Å². The third kappa shape index (κ3) is 5.00. The summed E-state index contributed by atoms with van der Waals surface area (Å²) in [4.78, 5) is 27.3. The molecule has 4 rings (SSSR count). The fraction of sp³-hybridized carbons (Fsp3) is 0.333. The molecule has 1 aromatic carbocycles. The van der Waals surface area contributed by atoms with Crippen LogP contribution in [-0.2, 0) is 0 Å². The zero-order chi connectivity index (χ0) is 24.5. The van der Waals surface area contributed by atoms with Gasteiger partial charge in [0.05, 0.1) is 11.3 Å². The highest BCUT2D eigenvalue weighted by atomic mass is 19.3. The molecular weight excluding hydrogens is 450 g/mol. The number of amides is 1. The zero-order valence-corrected chi connectivity index (χ0v) is 18.7. The predicted octanol–water partition coefficient (Wildman–Crippen LogP) is 5.43. The summed E-state index contributed by atoms with van der Waals surface area (Å²) in [5.74, 6) is -3.92. The van der Waals surface area contributed by atoms with E-state index in [-0.39, 0.29) is 60.0 Å². The second-order valence-corrected chi connectivity index (χ2v) is 8.46. The van der Waals surface area contributed by atoms with Gasteiger partial charge in [-0.15, -0.1) is 0 Å². The minimum Gasteiger partial charge on any atom is -0.354 e. The molecule has 0 bridgehead atoms. The SMILES string of the molecule is CC(C)c1ncc(C(=O)Nc2c(-c3cc(F)ccc3F)ccnc2N2CCC(F)(F)CC2)cn1. The summed E-state index contributed by atoms with van der Waals surface area (Å²) >= 11 is 0. The molecule has 3 heterocycles. The fourth-order valence-corrected chi connectivity index (χ4v) is 3.73. The Labute approximate surface area is 194 Å². The molecule has 1 saturated heterocycles. The number of halogens is 4. The molecule has 3 aromatic rings. The lowest BCUT2D eigenvalue weighted by Crippen LogP contribution is -2.40. The van der Waals surface area contributed by atoms with E-state index in [1.54, 1.807) is 4.90 Å². The standard InChI is InChI=1S/C24H23F4N5O/c1-14(2)21-30-12-15(13-31-21)23(34)32-20-17(18-11-16(25)3-4-19(18)26)5-8-29-22(20)33-9-6-24(27,28)7-10-33/h3-5,8,11-14H,6-7,9-10H2,1-2H3,(H,32,34). The number of rotatable bonds is 5. The number of benzene rings is 1. The number of pyridine rings is 1. The Bertz CT molecular complexity index is 1190. The fourth-order valence-electron chi connectivity index (χ4n) is 3.73. The van der Waals surface area contributed by atoms with Crippen molar-refractivity contribution in [3.63, 3.8) is 0 Å². The smallest absolute Gasteiger partial charge is 0.258 e. The third-order valence-corrected chi connectivity index (χ3v) is 5.63. The summed E-state index contributed by atoms with van der Waals surface area (Å²) in [7, 11) is 0. The van der Waals surface area contributed by atoms with Crippen molar-refractivity contribution in [3.05, 3.63) is 65.9 Å². The van der Waals surface area contributed by atoms with Gasteiger partial charge < -0.3 is 10.2 Å². The number of carbonyl (C=O) groups is 1. The number of anilines is 2. The van der Waals surface area contributed by atoms with E-state index in [2.05, 4.69) is 20.3 Å². The van der Waals surface area contributed by atoms with Gasteiger partial charge in [0.2, 0.25) is 0 Å². The van der Waals surface area contributed by atoms with Crippen LogP contribution >= 0.6 is 0 Å². The van der Waals surface area contributed by atoms with Gasteiger partial charge >= 0.3 is 0 Å². The molecule has 1 aliphatic rings. The molecule has 1 aliphatic heterocycles. The van der Waals surface area contributed by atoms with Crippen LogP contribution < -0.4 is 10.2 Å². The average molecular weight is 473 g/mol. The van der Waals surface area contributed by atoms with Crippen LogP contribution in [0.3, 0.4) is 0 Å². The molecule has 0 atom stereocenters. The Morgan fingerprint density at radius 1 is 1.03 bits per heavy atom. The van der Waals surface area contributed by atoms with Crippen molar-refractivity contribution in [1.82, 2.24) is 15.0 Å². The molecule has 1 amide bonds. The summed E-state index contributed by atoms with van der Waals surface area (Å²) in [5.41, 5.74) is 0.324. The Balaban J connectivity index is 1.76. The van der Waals surface area contributed by atoms with Crippen molar-refractivity contribution in [1.29, 1.82) is 0 Å². The van der Waals surface area contributed by atoms with Crippen LogP contribution in [0.4, 0.5) is 29.1 Å². The number of nitrogens with one attached hydrogen (secondary N) is 1. The summed E-state index contributed by atoms with van der Waals surface area (Å²) in [6, 6.07) is 4.42. The number of aromatic nitrogens is 3. The van der Waals surface area contributed by atoms with Gasteiger partial charge in [-0.2, -0.15) is 0 Å². The maximum Gasteiger partial charge on any atom is 0.258 e. The Morgan fingerprint density at radius 2 is 1.71 bits per heavy atom. The molecule has 0 unspecified atom stereocenters. The van der Waals surface area contributed by atoms with E-state index in [9.17, 15) is 22.4 Å². The second-order valence-electron chi connectivity index (χ2n) is 8.46. The van der Waals surface area contributed by atoms with Crippen LogP contribution in [0.15, 0.2) is 42.9 Å². The lowest BCUT2D eigenvalue weighted by molar-refractivity contribution is -0.0221. The first-order chi connectivity index (χ1) is 16.1. The van der Waals surface area contributed by atoms with Crippen molar-refractivity contribution < 1.29 is 22.4 Å². The van der Waals surface area contributed by atoms with Crippen LogP contribution in [0, 0.1) is 11.6 Å². The first-order valence-corrected chi connectivity index (χ1v) is 10.8. The van der Waals surface area contributed by atoms with Crippen molar-refractivity contribution in [2.45, 2.75) is 38.5 Å². The monoisotopic (exact) mass is 473 g/mol. The van der Waals surface area contributed by atoms with Gasteiger partial charge in [0, 0.05) is 61.6 Å². The highest BCUT2D eigenvalue weighted by Crippen LogP contribution is 2.39. The number of alkyl halides is 2. The summed E-state index contributed by atoms with van der Waals surface area (Å²) in [5, 5.41) is 2.71. The maximum absolute atomic E-state index is 14.7. The van der Waals surface area contributed by atoms with Gasteiger partial charge in [-0.3, -0.25) is 4.79 Å². The van der Waals surface area contributed by atoms with E-state index in [0.717, 1.165) is 18.2 Å². The van der Waals surface area contributed by atoms with E-state index >= 15 is 0 Å². The maximum atomic E-state index is 14.7. The van der Waals surface area contributed by atoms with E-state index < -0.39 is 23.5 Å². The van der Waals surface area contributed by atoms with Crippen LogP contribution in [0.2, 0.25) is 0 Å². The van der Waals surface area contributed by atoms with E-state index in [1.807, 2.05) is 13.8 Å². The summed E-state index contributed by atoms with van der Waals surface area (Å²) in [6.07, 6.45) is 3.35. The lowest BCUT2D eigenvalue weighted by Gasteiger charge is -2.34. The minimum atomic E-state index is -2.79. The number of carbonyl (C=O) groups excluding carboxylic acids is 1. The highest BCUT2D eigenvalue weighted by Gasteiger charge is 2.35. The quantitative estimate of drug-likeness (QED) is 0.501. The van der Waals surface area contributed by atoms with Gasteiger partial charge in [-0.25, -0.2) is 32.5 Å². The number of nitrogens with zero attached hydrogens (tertiary/aromatic N) is 4. The average Bonchev–Trinajstić information content (AvgIpc) is 2.81. The minimum absolute atomic E-state index is 0.00977. The first kappa shape index (κ1) is 23.6. The van der Waals surface area contributed by atoms with Crippen LogP contribution in [0.1, 0.15) is 48.8 Å². The topological polar surface area (TPSA) is 71.0 Å².